The highest BCUT2D eigenvalue weighted by Crippen LogP contribution is 2.36. The molecule has 0 saturated carbocycles. The van der Waals surface area contributed by atoms with Gasteiger partial charge in [0.05, 0.1) is 5.02 Å². The molecule has 0 radical (unpaired) electrons. The zero-order valence-corrected chi connectivity index (χ0v) is 19.0. The van der Waals surface area contributed by atoms with Crippen LogP contribution in [-0.4, -0.2) is 17.4 Å². The molecule has 1 aliphatic rings. The first-order chi connectivity index (χ1) is 15.3. The van der Waals surface area contributed by atoms with Crippen molar-refractivity contribution in [3.63, 3.8) is 0 Å². The predicted molar refractivity (Wildman–Crippen MR) is 125 cm³/mol. The predicted octanol–water partition coefficient (Wildman–Crippen LogP) is 6.32. The molecule has 1 unspecified atom stereocenters. The van der Waals surface area contributed by atoms with Gasteiger partial charge in [-0.1, -0.05) is 47.0 Å². The second-order valence-electron chi connectivity index (χ2n) is 8.43. The first-order valence-corrected chi connectivity index (χ1v) is 11.1. The van der Waals surface area contributed by atoms with E-state index in [0.29, 0.717) is 16.8 Å². The number of hydrogen-bond donors (Lipinski definition) is 1. The standard InChI is InChI=1S/C26H26ClFN2O2/c1-16-10-17(2)12-20(11-16)23-4-3-9-30(23)15-18-5-7-24(21(27)13-18)32-25-8-6-19(26(29)31)14-22(25)28/h5-8,10-14,23H,3-4,9,15H2,1-2H3,(H2,29,31). The summed E-state index contributed by atoms with van der Waals surface area (Å²) in [6, 6.07) is 16.6. The molecule has 1 aliphatic heterocycles. The minimum atomic E-state index is -0.695. The first kappa shape index (κ1) is 22.3. The molecule has 3 aromatic rings. The molecule has 0 aliphatic carbocycles. The fraction of sp³-hybridized carbons (Fsp3) is 0.269. The van der Waals surface area contributed by atoms with E-state index in [1.165, 1.54) is 28.8 Å². The van der Waals surface area contributed by atoms with Crippen LogP contribution in [0.2, 0.25) is 5.02 Å². The van der Waals surface area contributed by atoms with Gasteiger partial charge in [-0.15, -0.1) is 0 Å². The fourth-order valence-electron chi connectivity index (χ4n) is 4.41. The smallest absolute Gasteiger partial charge is 0.248 e. The highest BCUT2D eigenvalue weighted by Gasteiger charge is 2.26. The Morgan fingerprint density at radius 3 is 2.47 bits per heavy atom. The van der Waals surface area contributed by atoms with E-state index in [2.05, 4.69) is 36.9 Å². The lowest BCUT2D eigenvalue weighted by atomic mass is 9.99. The summed E-state index contributed by atoms with van der Waals surface area (Å²) < 4.78 is 19.9. The minimum absolute atomic E-state index is 0.0147. The van der Waals surface area contributed by atoms with E-state index in [0.717, 1.165) is 37.6 Å². The minimum Gasteiger partial charge on any atom is -0.453 e. The normalized spacial score (nSPS) is 16.3. The Morgan fingerprint density at radius 1 is 1.09 bits per heavy atom. The van der Waals surface area contributed by atoms with Crippen LogP contribution in [0.5, 0.6) is 11.5 Å². The van der Waals surface area contributed by atoms with E-state index in [1.54, 1.807) is 6.07 Å². The Hall–Kier alpha value is -2.89. The van der Waals surface area contributed by atoms with Crippen LogP contribution in [0.15, 0.2) is 54.6 Å². The van der Waals surface area contributed by atoms with E-state index in [4.69, 9.17) is 22.1 Å². The maximum Gasteiger partial charge on any atom is 0.248 e. The third-order valence-corrected chi connectivity index (χ3v) is 6.11. The van der Waals surface area contributed by atoms with Crippen LogP contribution in [0.25, 0.3) is 0 Å². The summed E-state index contributed by atoms with van der Waals surface area (Å²) in [5.74, 6) is -1.03. The van der Waals surface area contributed by atoms with Crippen molar-refractivity contribution in [2.24, 2.45) is 5.73 Å². The Bertz CT molecular complexity index is 1140. The van der Waals surface area contributed by atoms with Crippen LogP contribution >= 0.6 is 11.6 Å². The average Bonchev–Trinajstić information content (AvgIpc) is 3.18. The second-order valence-corrected chi connectivity index (χ2v) is 8.83. The average molecular weight is 453 g/mol. The summed E-state index contributed by atoms with van der Waals surface area (Å²) >= 11 is 6.45. The van der Waals surface area contributed by atoms with Gasteiger partial charge in [0.15, 0.2) is 11.6 Å². The van der Waals surface area contributed by atoms with Gasteiger partial charge in [-0.25, -0.2) is 4.39 Å². The number of nitrogens with zero attached hydrogens (tertiary/aromatic N) is 1. The van der Waals surface area contributed by atoms with Gasteiger partial charge < -0.3 is 10.5 Å². The van der Waals surface area contributed by atoms with E-state index in [9.17, 15) is 9.18 Å². The quantitative estimate of drug-likeness (QED) is 0.475. The summed E-state index contributed by atoms with van der Waals surface area (Å²) in [5.41, 5.74) is 10.3. The zero-order valence-electron chi connectivity index (χ0n) is 18.2. The van der Waals surface area contributed by atoms with Crippen LogP contribution in [0.3, 0.4) is 0 Å². The number of carbonyl (C=O) groups excluding carboxylic acids is 1. The van der Waals surface area contributed by atoms with Gasteiger partial charge in [0.1, 0.15) is 5.75 Å². The van der Waals surface area contributed by atoms with E-state index >= 15 is 0 Å². The Morgan fingerprint density at radius 2 is 1.81 bits per heavy atom. The van der Waals surface area contributed by atoms with Gasteiger partial charge in [-0.2, -0.15) is 0 Å². The number of likely N-dealkylation sites (tertiary alicyclic amines) is 1. The van der Waals surface area contributed by atoms with Crippen LogP contribution in [0.4, 0.5) is 4.39 Å². The zero-order chi connectivity index (χ0) is 22.8. The summed E-state index contributed by atoms with van der Waals surface area (Å²) in [5, 5.41) is 0.406. The van der Waals surface area contributed by atoms with Gasteiger partial charge in [0.2, 0.25) is 5.91 Å². The molecule has 3 aromatic carbocycles. The molecule has 1 amide bonds. The van der Waals surface area contributed by atoms with Gasteiger partial charge in [-0.3, -0.25) is 9.69 Å². The van der Waals surface area contributed by atoms with Crippen molar-refractivity contribution in [3.05, 3.63) is 93.3 Å². The third kappa shape index (κ3) is 4.95. The van der Waals surface area contributed by atoms with E-state index in [1.807, 2.05) is 12.1 Å². The molecule has 0 spiro atoms. The molecule has 32 heavy (non-hydrogen) atoms. The number of primary amides is 1. The molecule has 4 nitrogen and oxygen atoms in total. The van der Waals surface area contributed by atoms with E-state index < -0.39 is 11.7 Å². The van der Waals surface area contributed by atoms with Crippen molar-refractivity contribution in [1.82, 2.24) is 4.90 Å². The number of aryl methyl sites for hydroxylation is 2. The Labute approximate surface area is 192 Å². The maximum atomic E-state index is 14.3. The summed E-state index contributed by atoms with van der Waals surface area (Å²) in [4.78, 5) is 13.7. The molecule has 1 saturated heterocycles. The molecule has 0 aromatic heterocycles. The largest absolute Gasteiger partial charge is 0.453 e. The molecule has 0 bridgehead atoms. The SMILES string of the molecule is Cc1cc(C)cc(C2CCCN2Cc2ccc(Oc3ccc(C(N)=O)cc3F)c(Cl)c2)c1. The molecule has 166 valence electrons. The van der Waals surface area contributed by atoms with Gasteiger partial charge in [0, 0.05) is 18.2 Å². The molecule has 6 heteroatoms. The number of benzene rings is 3. The molecule has 4 rings (SSSR count). The van der Waals surface area contributed by atoms with Crippen LogP contribution in [-0.2, 0) is 6.54 Å². The van der Waals surface area contributed by atoms with Crippen molar-refractivity contribution in [3.8, 4) is 11.5 Å². The topological polar surface area (TPSA) is 55.6 Å². The van der Waals surface area contributed by atoms with Crippen molar-refractivity contribution in [2.75, 3.05) is 6.54 Å². The van der Waals surface area contributed by atoms with Crippen LogP contribution in [0.1, 0.15) is 51.5 Å². The maximum absolute atomic E-state index is 14.3. The summed E-state index contributed by atoms with van der Waals surface area (Å²) in [6.07, 6.45) is 2.30. The van der Waals surface area contributed by atoms with Crippen molar-refractivity contribution in [2.45, 2.75) is 39.3 Å². The molecule has 1 atom stereocenters. The Balaban J connectivity index is 1.49. The summed E-state index contributed by atoms with van der Waals surface area (Å²) in [6.45, 7) is 6.08. The number of amides is 1. The third-order valence-electron chi connectivity index (χ3n) is 5.81. The van der Waals surface area contributed by atoms with Crippen molar-refractivity contribution in [1.29, 1.82) is 0 Å². The lowest BCUT2D eigenvalue weighted by molar-refractivity contribution is 0.1000. The fourth-order valence-corrected chi connectivity index (χ4v) is 4.65. The molecule has 1 heterocycles. The molecular weight excluding hydrogens is 427 g/mol. The van der Waals surface area contributed by atoms with Crippen molar-refractivity contribution >= 4 is 17.5 Å². The lowest BCUT2D eigenvalue weighted by Gasteiger charge is -2.26. The molecule has 2 N–H and O–H groups in total. The van der Waals surface area contributed by atoms with Crippen molar-refractivity contribution < 1.29 is 13.9 Å². The number of nitrogens with two attached hydrogens (primary N) is 1. The first-order valence-electron chi connectivity index (χ1n) is 10.7. The number of rotatable bonds is 6. The second kappa shape index (κ2) is 9.31. The van der Waals surface area contributed by atoms with Gasteiger partial charge in [0.25, 0.3) is 0 Å². The Kier molecular flexibility index (Phi) is 6.49. The van der Waals surface area contributed by atoms with E-state index in [-0.39, 0.29) is 11.3 Å². The number of hydrogen-bond acceptors (Lipinski definition) is 3. The van der Waals surface area contributed by atoms with Crippen LogP contribution in [0, 0.1) is 19.7 Å². The van der Waals surface area contributed by atoms with Gasteiger partial charge >= 0.3 is 0 Å². The number of carbonyl (C=O) groups is 1. The summed E-state index contributed by atoms with van der Waals surface area (Å²) in [7, 11) is 0. The molecule has 1 fully saturated rings. The molecular formula is C26H26ClFN2O2. The highest BCUT2D eigenvalue weighted by molar-refractivity contribution is 6.32. The lowest BCUT2D eigenvalue weighted by Crippen LogP contribution is -2.22. The highest BCUT2D eigenvalue weighted by atomic mass is 35.5. The number of ether oxygens (including phenoxy) is 1. The number of halogens is 2. The monoisotopic (exact) mass is 452 g/mol. The van der Waals surface area contributed by atoms with Gasteiger partial charge in [-0.05, 0) is 74.7 Å². The van der Waals surface area contributed by atoms with Crippen LogP contribution < -0.4 is 10.5 Å².